The number of nitrogens with zero attached hydrogens (tertiary/aromatic N) is 3. The van der Waals surface area contributed by atoms with Crippen molar-refractivity contribution in [3.05, 3.63) is 101 Å². The van der Waals surface area contributed by atoms with Gasteiger partial charge in [-0.15, -0.1) is 0 Å². The highest BCUT2D eigenvalue weighted by molar-refractivity contribution is 9.10. The molecule has 0 atom stereocenters. The van der Waals surface area contributed by atoms with E-state index < -0.39 is 0 Å². The number of aromatic nitrogens is 2. The fourth-order valence-electron chi connectivity index (χ4n) is 3.69. The van der Waals surface area contributed by atoms with Crippen molar-refractivity contribution in [2.24, 2.45) is 5.10 Å². The summed E-state index contributed by atoms with van der Waals surface area (Å²) in [7, 11) is 0. The molecule has 0 bridgehead atoms. The Morgan fingerprint density at radius 2 is 1.59 bits per heavy atom. The van der Waals surface area contributed by atoms with Crippen molar-refractivity contribution in [3.8, 4) is 22.6 Å². The molecule has 0 aliphatic rings. The van der Waals surface area contributed by atoms with Gasteiger partial charge in [-0.3, -0.25) is 5.43 Å². The van der Waals surface area contributed by atoms with Crippen molar-refractivity contribution in [2.45, 2.75) is 39.5 Å². The fourth-order valence-corrected chi connectivity index (χ4v) is 3.95. The molecule has 4 rings (SSSR count). The first-order valence-corrected chi connectivity index (χ1v) is 12.5. The van der Waals surface area contributed by atoms with Crippen LogP contribution in [0.15, 0.2) is 94.5 Å². The summed E-state index contributed by atoms with van der Waals surface area (Å²) in [6, 6.07) is 28.8. The molecule has 5 heteroatoms. The summed E-state index contributed by atoms with van der Waals surface area (Å²) in [5.74, 6) is 1.31. The molecule has 172 valence electrons. The summed E-state index contributed by atoms with van der Waals surface area (Å²) in [4.78, 5) is 9.55. The standard InChI is InChI=1S/C29H29BrN4/c1-3-4-6-9-22-12-14-23(15-13-22)21(2)33-34-28-20-27(24-10-7-5-8-11-24)31-29(32-28)25-16-18-26(30)19-17-25/h5,7-8,10-20H,3-4,6,9H2,1-2H3,(H,31,32,34). The van der Waals surface area contributed by atoms with Gasteiger partial charge in [0.05, 0.1) is 11.4 Å². The second-order valence-corrected chi connectivity index (χ2v) is 9.21. The van der Waals surface area contributed by atoms with E-state index in [1.807, 2.05) is 67.6 Å². The van der Waals surface area contributed by atoms with Crippen LogP contribution in [0.5, 0.6) is 0 Å². The van der Waals surface area contributed by atoms with Crippen LogP contribution in [0.25, 0.3) is 22.6 Å². The summed E-state index contributed by atoms with van der Waals surface area (Å²) in [6.45, 7) is 4.24. The monoisotopic (exact) mass is 512 g/mol. The number of unbranched alkanes of at least 4 members (excludes halogenated alkanes) is 2. The number of hydrogen-bond donors (Lipinski definition) is 1. The van der Waals surface area contributed by atoms with E-state index in [2.05, 4.69) is 57.6 Å². The zero-order valence-electron chi connectivity index (χ0n) is 19.6. The van der Waals surface area contributed by atoms with E-state index in [9.17, 15) is 0 Å². The number of benzene rings is 3. The van der Waals surface area contributed by atoms with Gasteiger partial charge in [0.25, 0.3) is 0 Å². The lowest BCUT2D eigenvalue weighted by molar-refractivity contribution is 0.717. The number of hydrogen-bond acceptors (Lipinski definition) is 4. The minimum Gasteiger partial charge on any atom is -0.261 e. The smallest absolute Gasteiger partial charge is 0.162 e. The summed E-state index contributed by atoms with van der Waals surface area (Å²) >= 11 is 3.50. The second kappa shape index (κ2) is 11.7. The number of halogens is 1. The highest BCUT2D eigenvalue weighted by Gasteiger charge is 2.09. The van der Waals surface area contributed by atoms with Crippen molar-refractivity contribution in [2.75, 3.05) is 5.43 Å². The molecule has 0 unspecified atom stereocenters. The third kappa shape index (κ3) is 6.39. The molecular formula is C29H29BrN4. The average molecular weight is 513 g/mol. The molecular weight excluding hydrogens is 484 g/mol. The molecule has 0 aliphatic carbocycles. The molecule has 4 aromatic rings. The number of anilines is 1. The third-order valence-corrected chi connectivity index (χ3v) is 6.21. The molecule has 0 spiro atoms. The van der Waals surface area contributed by atoms with Crippen LogP contribution in [0, 0.1) is 0 Å². The van der Waals surface area contributed by atoms with E-state index >= 15 is 0 Å². The van der Waals surface area contributed by atoms with Gasteiger partial charge in [0, 0.05) is 21.7 Å². The maximum absolute atomic E-state index is 4.81. The predicted molar refractivity (Wildman–Crippen MR) is 146 cm³/mol. The van der Waals surface area contributed by atoms with Gasteiger partial charge in [-0.25, -0.2) is 9.97 Å². The summed E-state index contributed by atoms with van der Waals surface area (Å²) in [5, 5.41) is 4.62. The van der Waals surface area contributed by atoms with Gasteiger partial charge in [0.15, 0.2) is 11.6 Å². The van der Waals surface area contributed by atoms with Gasteiger partial charge < -0.3 is 0 Å². The Morgan fingerprint density at radius 3 is 2.29 bits per heavy atom. The van der Waals surface area contributed by atoms with Crippen LogP contribution in [0.4, 0.5) is 5.82 Å². The Labute approximate surface area is 210 Å². The Hall–Kier alpha value is -3.31. The van der Waals surface area contributed by atoms with Gasteiger partial charge in [-0.2, -0.15) is 5.10 Å². The van der Waals surface area contributed by atoms with E-state index in [-0.39, 0.29) is 0 Å². The lowest BCUT2D eigenvalue weighted by Crippen LogP contribution is -2.03. The van der Waals surface area contributed by atoms with Crippen LogP contribution in [-0.4, -0.2) is 15.7 Å². The van der Waals surface area contributed by atoms with Crippen LogP contribution >= 0.6 is 15.9 Å². The van der Waals surface area contributed by atoms with E-state index in [0.29, 0.717) is 11.6 Å². The van der Waals surface area contributed by atoms with Gasteiger partial charge in [-0.05, 0) is 43.0 Å². The fraction of sp³-hybridized carbons (Fsp3) is 0.207. The van der Waals surface area contributed by atoms with Crippen molar-refractivity contribution >= 4 is 27.5 Å². The molecule has 3 aromatic carbocycles. The molecule has 1 heterocycles. The van der Waals surface area contributed by atoms with Crippen LogP contribution in [0.2, 0.25) is 0 Å². The minimum absolute atomic E-state index is 0.653. The molecule has 34 heavy (non-hydrogen) atoms. The Kier molecular flexibility index (Phi) is 8.21. The normalized spacial score (nSPS) is 11.4. The first-order chi connectivity index (χ1) is 16.6. The Balaban J connectivity index is 1.58. The second-order valence-electron chi connectivity index (χ2n) is 8.30. The quantitative estimate of drug-likeness (QED) is 0.140. The number of aryl methyl sites for hydroxylation is 1. The number of rotatable bonds is 9. The largest absolute Gasteiger partial charge is 0.261 e. The maximum Gasteiger partial charge on any atom is 0.162 e. The maximum atomic E-state index is 4.81. The summed E-state index contributed by atoms with van der Waals surface area (Å²) < 4.78 is 1.02. The van der Waals surface area contributed by atoms with E-state index in [0.717, 1.165) is 39.0 Å². The van der Waals surface area contributed by atoms with Crippen LogP contribution in [-0.2, 0) is 6.42 Å². The molecule has 0 saturated carbocycles. The topological polar surface area (TPSA) is 50.2 Å². The predicted octanol–water partition coefficient (Wildman–Crippen LogP) is 8.14. The molecule has 0 aliphatic heterocycles. The van der Waals surface area contributed by atoms with E-state index in [1.54, 1.807) is 0 Å². The number of hydrazone groups is 1. The van der Waals surface area contributed by atoms with Crippen molar-refractivity contribution in [1.82, 2.24) is 9.97 Å². The highest BCUT2D eigenvalue weighted by atomic mass is 79.9. The lowest BCUT2D eigenvalue weighted by atomic mass is 10.0. The van der Waals surface area contributed by atoms with Crippen LogP contribution in [0.1, 0.15) is 44.2 Å². The SMILES string of the molecule is CCCCCc1ccc(C(C)=NNc2cc(-c3ccccc3)nc(-c3ccc(Br)cc3)n2)cc1. The summed E-state index contributed by atoms with van der Waals surface area (Å²) in [6.07, 6.45) is 4.89. The van der Waals surface area contributed by atoms with Gasteiger partial charge in [-0.1, -0.05) is 102 Å². The molecule has 0 amide bonds. The first kappa shape index (κ1) is 23.8. The lowest BCUT2D eigenvalue weighted by Gasteiger charge is -2.09. The van der Waals surface area contributed by atoms with Gasteiger partial charge in [0.2, 0.25) is 0 Å². The Bertz CT molecular complexity index is 1230. The zero-order chi connectivity index (χ0) is 23.8. The highest BCUT2D eigenvalue weighted by Crippen LogP contribution is 2.25. The molecule has 0 saturated heterocycles. The van der Waals surface area contributed by atoms with Crippen molar-refractivity contribution < 1.29 is 0 Å². The molecule has 4 nitrogen and oxygen atoms in total. The molecule has 1 N–H and O–H groups in total. The van der Waals surface area contributed by atoms with E-state index in [4.69, 9.17) is 9.97 Å². The zero-order valence-corrected chi connectivity index (χ0v) is 21.2. The van der Waals surface area contributed by atoms with E-state index in [1.165, 1.54) is 24.8 Å². The summed E-state index contributed by atoms with van der Waals surface area (Å²) in [5.41, 5.74) is 9.36. The van der Waals surface area contributed by atoms with Gasteiger partial charge in [0.1, 0.15) is 0 Å². The average Bonchev–Trinajstić information content (AvgIpc) is 2.88. The first-order valence-electron chi connectivity index (χ1n) is 11.7. The third-order valence-electron chi connectivity index (χ3n) is 5.68. The van der Waals surface area contributed by atoms with Gasteiger partial charge >= 0.3 is 0 Å². The number of nitrogens with one attached hydrogen (secondary N) is 1. The van der Waals surface area contributed by atoms with Crippen LogP contribution in [0.3, 0.4) is 0 Å². The van der Waals surface area contributed by atoms with Crippen LogP contribution < -0.4 is 5.43 Å². The Morgan fingerprint density at radius 1 is 0.853 bits per heavy atom. The minimum atomic E-state index is 0.653. The molecule has 0 radical (unpaired) electrons. The molecule has 0 fully saturated rings. The molecule has 1 aromatic heterocycles. The van der Waals surface area contributed by atoms with Crippen molar-refractivity contribution in [3.63, 3.8) is 0 Å². The van der Waals surface area contributed by atoms with Crippen molar-refractivity contribution in [1.29, 1.82) is 0 Å².